The van der Waals surface area contributed by atoms with Gasteiger partial charge in [-0.1, -0.05) is 13.8 Å². The standard InChI is InChI=1S/C8H17NO.ClH/c1-6(2)9-7-4-8(5-7)10-3;/h6-9H,4-5H2,1-3H3;1H. The molecule has 68 valence electrons. The van der Waals surface area contributed by atoms with Gasteiger partial charge in [-0.15, -0.1) is 12.4 Å². The van der Waals surface area contributed by atoms with E-state index in [1.165, 1.54) is 12.8 Å². The summed E-state index contributed by atoms with van der Waals surface area (Å²) in [6.07, 6.45) is 2.90. The summed E-state index contributed by atoms with van der Waals surface area (Å²) in [5.74, 6) is 0. The third-order valence-corrected chi connectivity index (χ3v) is 2.00. The average molecular weight is 180 g/mol. The van der Waals surface area contributed by atoms with Gasteiger partial charge in [0.2, 0.25) is 0 Å². The summed E-state index contributed by atoms with van der Waals surface area (Å²) in [6, 6.07) is 1.33. The molecule has 0 saturated heterocycles. The molecule has 0 spiro atoms. The molecule has 0 radical (unpaired) electrons. The zero-order chi connectivity index (χ0) is 7.56. The van der Waals surface area contributed by atoms with Gasteiger partial charge < -0.3 is 10.1 Å². The van der Waals surface area contributed by atoms with Crippen molar-refractivity contribution in [3.63, 3.8) is 0 Å². The van der Waals surface area contributed by atoms with E-state index in [1.54, 1.807) is 7.11 Å². The first kappa shape index (κ1) is 11.2. The highest BCUT2D eigenvalue weighted by Crippen LogP contribution is 2.22. The van der Waals surface area contributed by atoms with Gasteiger partial charge in [0.05, 0.1) is 6.10 Å². The Morgan fingerprint density at radius 1 is 1.36 bits per heavy atom. The van der Waals surface area contributed by atoms with Crippen LogP contribution in [0.15, 0.2) is 0 Å². The maximum absolute atomic E-state index is 5.16. The highest BCUT2D eigenvalue weighted by atomic mass is 35.5. The number of methoxy groups -OCH3 is 1. The van der Waals surface area contributed by atoms with Crippen molar-refractivity contribution in [2.45, 2.75) is 44.9 Å². The van der Waals surface area contributed by atoms with Crippen molar-refractivity contribution in [3.05, 3.63) is 0 Å². The van der Waals surface area contributed by atoms with E-state index in [2.05, 4.69) is 19.2 Å². The number of hydrogen-bond donors (Lipinski definition) is 1. The van der Waals surface area contributed by atoms with Crippen LogP contribution in [0.4, 0.5) is 0 Å². The fourth-order valence-electron chi connectivity index (χ4n) is 1.37. The first-order valence-corrected chi connectivity index (χ1v) is 4.01. The molecule has 0 amide bonds. The molecular weight excluding hydrogens is 162 g/mol. The van der Waals surface area contributed by atoms with E-state index in [0.717, 1.165) is 0 Å². The molecule has 0 aromatic carbocycles. The Kier molecular flexibility index (Phi) is 5.06. The van der Waals surface area contributed by atoms with Crippen molar-refractivity contribution in [3.8, 4) is 0 Å². The minimum atomic E-state index is 0. The summed E-state index contributed by atoms with van der Waals surface area (Å²) in [5, 5.41) is 3.46. The fraction of sp³-hybridized carbons (Fsp3) is 1.00. The predicted octanol–water partition coefficient (Wildman–Crippen LogP) is 1.58. The van der Waals surface area contributed by atoms with E-state index in [4.69, 9.17) is 4.74 Å². The van der Waals surface area contributed by atoms with E-state index in [9.17, 15) is 0 Å². The van der Waals surface area contributed by atoms with Gasteiger partial charge in [0.1, 0.15) is 0 Å². The van der Waals surface area contributed by atoms with E-state index in [0.29, 0.717) is 18.2 Å². The minimum absolute atomic E-state index is 0. The second-order valence-corrected chi connectivity index (χ2v) is 3.35. The molecule has 1 rings (SSSR count). The zero-order valence-corrected chi connectivity index (χ0v) is 8.28. The van der Waals surface area contributed by atoms with Crippen molar-refractivity contribution in [2.75, 3.05) is 7.11 Å². The molecule has 0 bridgehead atoms. The molecule has 0 aliphatic heterocycles. The van der Waals surface area contributed by atoms with E-state index >= 15 is 0 Å². The monoisotopic (exact) mass is 179 g/mol. The van der Waals surface area contributed by atoms with E-state index < -0.39 is 0 Å². The summed E-state index contributed by atoms with van der Waals surface area (Å²) in [5.41, 5.74) is 0. The Labute approximate surface area is 75.1 Å². The van der Waals surface area contributed by atoms with Crippen LogP contribution in [-0.2, 0) is 4.74 Å². The van der Waals surface area contributed by atoms with Crippen LogP contribution in [0.2, 0.25) is 0 Å². The van der Waals surface area contributed by atoms with Crippen LogP contribution in [0.3, 0.4) is 0 Å². The third kappa shape index (κ3) is 3.41. The molecule has 0 atom stereocenters. The molecule has 0 heterocycles. The Balaban J connectivity index is 0.000001000. The number of ether oxygens (including phenoxy) is 1. The maximum atomic E-state index is 5.16. The van der Waals surface area contributed by atoms with Crippen LogP contribution in [-0.4, -0.2) is 25.3 Å². The van der Waals surface area contributed by atoms with Crippen LogP contribution in [0.5, 0.6) is 0 Å². The molecule has 1 aliphatic rings. The minimum Gasteiger partial charge on any atom is -0.381 e. The smallest absolute Gasteiger partial charge is 0.0601 e. The summed E-state index contributed by atoms with van der Waals surface area (Å²) >= 11 is 0. The lowest BCUT2D eigenvalue weighted by Gasteiger charge is -2.36. The molecule has 1 N–H and O–H groups in total. The lowest BCUT2D eigenvalue weighted by molar-refractivity contribution is 0.0154. The summed E-state index contributed by atoms with van der Waals surface area (Å²) < 4.78 is 5.16. The van der Waals surface area contributed by atoms with Gasteiger partial charge in [-0.2, -0.15) is 0 Å². The third-order valence-electron chi connectivity index (χ3n) is 2.00. The van der Waals surface area contributed by atoms with Crippen LogP contribution < -0.4 is 5.32 Å². The molecular formula is C8H18ClNO. The highest BCUT2D eigenvalue weighted by Gasteiger charge is 2.28. The van der Waals surface area contributed by atoms with Crippen LogP contribution in [0.1, 0.15) is 26.7 Å². The van der Waals surface area contributed by atoms with E-state index in [1.807, 2.05) is 0 Å². The van der Waals surface area contributed by atoms with Gasteiger partial charge in [0.15, 0.2) is 0 Å². The van der Waals surface area contributed by atoms with Crippen molar-refractivity contribution in [1.82, 2.24) is 5.32 Å². The van der Waals surface area contributed by atoms with Crippen molar-refractivity contribution < 1.29 is 4.74 Å². The van der Waals surface area contributed by atoms with Crippen LogP contribution in [0, 0.1) is 0 Å². The normalized spacial score (nSPS) is 29.5. The summed E-state index contributed by atoms with van der Waals surface area (Å²) in [7, 11) is 1.79. The van der Waals surface area contributed by atoms with Crippen LogP contribution >= 0.6 is 12.4 Å². The topological polar surface area (TPSA) is 21.3 Å². The first-order chi connectivity index (χ1) is 4.72. The molecule has 1 aliphatic carbocycles. The Morgan fingerprint density at radius 2 is 1.91 bits per heavy atom. The lowest BCUT2D eigenvalue weighted by atomic mass is 9.89. The van der Waals surface area contributed by atoms with Gasteiger partial charge in [-0.3, -0.25) is 0 Å². The Bertz CT molecular complexity index is 102. The molecule has 2 nitrogen and oxygen atoms in total. The first-order valence-electron chi connectivity index (χ1n) is 4.01. The number of rotatable bonds is 3. The largest absolute Gasteiger partial charge is 0.381 e. The summed E-state index contributed by atoms with van der Waals surface area (Å²) in [4.78, 5) is 0. The van der Waals surface area contributed by atoms with Crippen molar-refractivity contribution in [2.24, 2.45) is 0 Å². The maximum Gasteiger partial charge on any atom is 0.0601 e. The Morgan fingerprint density at radius 3 is 2.27 bits per heavy atom. The predicted molar refractivity (Wildman–Crippen MR) is 49.3 cm³/mol. The SMILES string of the molecule is COC1CC(NC(C)C)C1.Cl. The van der Waals surface area contributed by atoms with Gasteiger partial charge >= 0.3 is 0 Å². The average Bonchev–Trinajstić information content (AvgIpc) is 1.76. The fourth-order valence-corrected chi connectivity index (χ4v) is 1.37. The van der Waals surface area contributed by atoms with Gasteiger partial charge in [0.25, 0.3) is 0 Å². The van der Waals surface area contributed by atoms with Gasteiger partial charge in [-0.05, 0) is 12.8 Å². The number of nitrogens with one attached hydrogen (secondary N) is 1. The molecule has 1 fully saturated rings. The number of halogens is 1. The molecule has 0 unspecified atom stereocenters. The van der Waals surface area contributed by atoms with Crippen molar-refractivity contribution >= 4 is 12.4 Å². The molecule has 0 aromatic heterocycles. The Hall–Kier alpha value is 0.210. The lowest BCUT2D eigenvalue weighted by Crippen LogP contribution is -2.47. The molecule has 1 saturated carbocycles. The van der Waals surface area contributed by atoms with E-state index in [-0.39, 0.29) is 12.4 Å². The zero-order valence-electron chi connectivity index (χ0n) is 7.46. The van der Waals surface area contributed by atoms with Gasteiger partial charge in [-0.25, -0.2) is 0 Å². The second kappa shape index (κ2) is 4.96. The number of hydrogen-bond acceptors (Lipinski definition) is 2. The van der Waals surface area contributed by atoms with Crippen molar-refractivity contribution in [1.29, 1.82) is 0 Å². The molecule has 0 aromatic rings. The van der Waals surface area contributed by atoms with Crippen LogP contribution in [0.25, 0.3) is 0 Å². The second-order valence-electron chi connectivity index (χ2n) is 3.35. The van der Waals surface area contributed by atoms with Gasteiger partial charge in [0, 0.05) is 19.2 Å². The quantitative estimate of drug-likeness (QED) is 0.711. The highest BCUT2D eigenvalue weighted by molar-refractivity contribution is 5.85. The molecule has 11 heavy (non-hydrogen) atoms. The summed E-state index contributed by atoms with van der Waals surface area (Å²) in [6.45, 7) is 4.36. The molecule has 3 heteroatoms.